The van der Waals surface area contributed by atoms with Crippen molar-refractivity contribution < 1.29 is 0 Å². The minimum atomic E-state index is 0.775. The number of hydrogen-bond acceptors (Lipinski definition) is 3. The van der Waals surface area contributed by atoms with Gasteiger partial charge in [-0.2, -0.15) is 4.37 Å². The minimum Gasteiger partial charge on any atom is -0.215 e. The monoisotopic (exact) mass is 464 g/mol. The van der Waals surface area contributed by atoms with Gasteiger partial charge in [0.05, 0.1) is 0 Å². The van der Waals surface area contributed by atoms with E-state index in [9.17, 15) is 0 Å². The Bertz CT molecular complexity index is 1790. The maximum absolute atomic E-state index is 5.01. The van der Waals surface area contributed by atoms with E-state index in [2.05, 4.69) is 103 Å². The molecule has 0 bridgehead atoms. The second kappa shape index (κ2) is 8.15. The van der Waals surface area contributed by atoms with Gasteiger partial charge < -0.3 is 0 Å². The molecule has 1 heterocycles. The number of aromatic nitrogens is 2. The Morgan fingerprint density at radius 1 is 0.457 bits per heavy atom. The number of nitrogens with zero attached hydrogens (tertiary/aromatic N) is 2. The standard InChI is InChI=1S/C32H20N2S/c1-2-12-22(13-3-1)31-33-32(35-34-31)30-27-18-8-6-16-25(27)29(26-17-7-9-19-28(26)30)24-20-10-14-21-11-4-5-15-23(21)24/h1-20H. The molecule has 6 aromatic carbocycles. The molecule has 0 fully saturated rings. The van der Waals surface area contributed by atoms with Crippen molar-refractivity contribution in [3.8, 4) is 33.1 Å². The van der Waals surface area contributed by atoms with Gasteiger partial charge in [-0.3, -0.25) is 0 Å². The molecule has 0 atom stereocenters. The lowest BCUT2D eigenvalue weighted by molar-refractivity contribution is 1.33. The molecule has 0 unspecified atom stereocenters. The molecule has 0 aliphatic carbocycles. The van der Waals surface area contributed by atoms with Crippen molar-refractivity contribution in [1.29, 1.82) is 0 Å². The van der Waals surface area contributed by atoms with Crippen LogP contribution in [0.3, 0.4) is 0 Å². The van der Waals surface area contributed by atoms with Gasteiger partial charge in [0.2, 0.25) is 0 Å². The fraction of sp³-hybridized carbons (Fsp3) is 0. The normalized spacial score (nSPS) is 11.4. The van der Waals surface area contributed by atoms with Crippen LogP contribution in [0.4, 0.5) is 0 Å². The summed E-state index contributed by atoms with van der Waals surface area (Å²) in [7, 11) is 0. The SMILES string of the molecule is c1ccc(-c2nsc(-c3c4ccccc4c(-c4cccc5ccccc45)c4ccccc34)n2)cc1. The summed E-state index contributed by atoms with van der Waals surface area (Å²) < 4.78 is 4.73. The molecule has 1 aromatic heterocycles. The third-order valence-electron chi connectivity index (χ3n) is 6.66. The largest absolute Gasteiger partial charge is 0.215 e. The predicted molar refractivity (Wildman–Crippen MR) is 149 cm³/mol. The summed E-state index contributed by atoms with van der Waals surface area (Å²) >= 11 is 1.47. The molecular formula is C32H20N2S. The van der Waals surface area contributed by atoms with Crippen molar-refractivity contribution >= 4 is 43.8 Å². The number of hydrogen-bond donors (Lipinski definition) is 0. The van der Waals surface area contributed by atoms with E-state index < -0.39 is 0 Å². The molecule has 0 spiro atoms. The van der Waals surface area contributed by atoms with Crippen molar-refractivity contribution in [2.75, 3.05) is 0 Å². The average Bonchev–Trinajstić information content (AvgIpc) is 3.42. The highest BCUT2D eigenvalue weighted by Crippen LogP contribution is 2.45. The highest BCUT2D eigenvalue weighted by molar-refractivity contribution is 7.09. The lowest BCUT2D eigenvalue weighted by Gasteiger charge is -2.17. The average molecular weight is 465 g/mol. The molecular weight excluding hydrogens is 444 g/mol. The molecule has 2 nitrogen and oxygen atoms in total. The van der Waals surface area contributed by atoms with Gasteiger partial charge in [-0.1, -0.05) is 121 Å². The van der Waals surface area contributed by atoms with Gasteiger partial charge >= 0.3 is 0 Å². The Kier molecular flexibility index (Phi) is 4.68. The van der Waals surface area contributed by atoms with Crippen molar-refractivity contribution in [3.63, 3.8) is 0 Å². The summed E-state index contributed by atoms with van der Waals surface area (Å²) in [5.74, 6) is 0.775. The summed E-state index contributed by atoms with van der Waals surface area (Å²) in [4.78, 5) is 5.01. The van der Waals surface area contributed by atoms with Crippen LogP contribution in [0.2, 0.25) is 0 Å². The van der Waals surface area contributed by atoms with E-state index in [1.54, 1.807) is 0 Å². The molecule has 0 radical (unpaired) electrons. The van der Waals surface area contributed by atoms with Crippen LogP contribution < -0.4 is 0 Å². The van der Waals surface area contributed by atoms with Crippen LogP contribution in [0.1, 0.15) is 0 Å². The van der Waals surface area contributed by atoms with Crippen molar-refractivity contribution in [2.45, 2.75) is 0 Å². The van der Waals surface area contributed by atoms with Crippen LogP contribution in [0.5, 0.6) is 0 Å². The van der Waals surface area contributed by atoms with Crippen LogP contribution in [0, 0.1) is 0 Å². The summed E-state index contributed by atoms with van der Waals surface area (Å²) in [5, 5.41) is 8.32. The van der Waals surface area contributed by atoms with Crippen molar-refractivity contribution in [3.05, 3.63) is 121 Å². The zero-order valence-corrected chi connectivity index (χ0v) is 19.7. The molecule has 0 N–H and O–H groups in total. The Morgan fingerprint density at radius 2 is 1.00 bits per heavy atom. The van der Waals surface area contributed by atoms with E-state index >= 15 is 0 Å². The van der Waals surface area contributed by atoms with E-state index in [4.69, 9.17) is 9.36 Å². The quantitative estimate of drug-likeness (QED) is 0.244. The molecule has 3 heteroatoms. The summed E-state index contributed by atoms with van der Waals surface area (Å²) in [6, 6.07) is 42.8. The first-order valence-corrected chi connectivity index (χ1v) is 12.5. The van der Waals surface area contributed by atoms with Crippen LogP contribution in [-0.4, -0.2) is 9.36 Å². The van der Waals surface area contributed by atoms with E-state index in [1.807, 2.05) is 18.2 Å². The zero-order valence-electron chi connectivity index (χ0n) is 18.8. The van der Waals surface area contributed by atoms with Gasteiger partial charge in [-0.05, 0) is 55.0 Å². The molecule has 0 aliphatic rings. The molecule has 7 aromatic rings. The smallest absolute Gasteiger partial charge is 0.173 e. The van der Waals surface area contributed by atoms with E-state index in [-0.39, 0.29) is 0 Å². The Hall–Kier alpha value is -4.34. The highest BCUT2D eigenvalue weighted by Gasteiger charge is 2.20. The topological polar surface area (TPSA) is 25.8 Å². The Morgan fingerprint density at radius 3 is 1.69 bits per heavy atom. The first kappa shape index (κ1) is 20.1. The predicted octanol–water partition coefficient (Wildman–Crippen LogP) is 9.00. The third kappa shape index (κ3) is 3.24. The van der Waals surface area contributed by atoms with Crippen molar-refractivity contribution in [2.24, 2.45) is 0 Å². The molecule has 35 heavy (non-hydrogen) atoms. The fourth-order valence-corrected chi connectivity index (χ4v) is 5.88. The molecule has 0 saturated carbocycles. The lowest BCUT2D eigenvalue weighted by Crippen LogP contribution is -1.91. The van der Waals surface area contributed by atoms with Crippen LogP contribution in [0.15, 0.2) is 121 Å². The maximum atomic E-state index is 5.01. The Labute approximate surface area is 207 Å². The van der Waals surface area contributed by atoms with E-state index in [0.29, 0.717) is 0 Å². The molecule has 0 aliphatic heterocycles. The fourth-order valence-electron chi connectivity index (χ4n) is 5.12. The number of rotatable bonds is 3. The van der Waals surface area contributed by atoms with Crippen molar-refractivity contribution in [1.82, 2.24) is 9.36 Å². The van der Waals surface area contributed by atoms with Gasteiger partial charge in [0.1, 0.15) is 5.01 Å². The van der Waals surface area contributed by atoms with Gasteiger partial charge in [0, 0.05) is 11.1 Å². The first-order valence-electron chi connectivity index (χ1n) is 11.7. The van der Waals surface area contributed by atoms with Crippen LogP contribution in [-0.2, 0) is 0 Å². The molecule has 0 amide bonds. The van der Waals surface area contributed by atoms with E-state index in [0.717, 1.165) is 22.0 Å². The zero-order chi connectivity index (χ0) is 23.2. The van der Waals surface area contributed by atoms with Gasteiger partial charge in [-0.15, -0.1) is 0 Å². The number of benzene rings is 6. The summed E-state index contributed by atoms with van der Waals surface area (Å²) in [6.45, 7) is 0. The Balaban J connectivity index is 1.58. The van der Waals surface area contributed by atoms with E-state index in [1.165, 1.54) is 55.0 Å². The molecule has 164 valence electrons. The van der Waals surface area contributed by atoms with Gasteiger partial charge in [-0.25, -0.2) is 4.98 Å². The van der Waals surface area contributed by atoms with Gasteiger partial charge in [0.25, 0.3) is 0 Å². The second-order valence-corrected chi connectivity index (χ2v) is 9.41. The summed E-state index contributed by atoms with van der Waals surface area (Å²) in [6.07, 6.45) is 0. The van der Waals surface area contributed by atoms with Crippen LogP contribution >= 0.6 is 11.5 Å². The third-order valence-corrected chi connectivity index (χ3v) is 7.39. The second-order valence-electron chi connectivity index (χ2n) is 8.66. The van der Waals surface area contributed by atoms with Crippen LogP contribution in [0.25, 0.3) is 65.4 Å². The highest BCUT2D eigenvalue weighted by atomic mass is 32.1. The minimum absolute atomic E-state index is 0.775. The molecule has 0 saturated heterocycles. The molecule has 7 rings (SSSR count). The summed E-state index contributed by atoms with van der Waals surface area (Å²) in [5.41, 5.74) is 4.71. The lowest BCUT2D eigenvalue weighted by atomic mass is 9.87. The van der Waals surface area contributed by atoms with Gasteiger partial charge in [0.15, 0.2) is 5.82 Å². The maximum Gasteiger partial charge on any atom is 0.173 e. The first-order chi connectivity index (χ1) is 17.4. The number of fused-ring (bicyclic) bond motifs is 3.